The van der Waals surface area contributed by atoms with Crippen molar-refractivity contribution < 1.29 is 13.9 Å². The SMILES string of the molecule is COc1ccc(CNC(=O)[C@H](C)Sc2nnc(C34CC5CC(CC(C5)C3)C4)o2)cc1. The molecule has 0 saturated heterocycles. The number of nitrogens with one attached hydrogen (secondary N) is 1. The molecule has 4 aliphatic carbocycles. The van der Waals surface area contributed by atoms with Crippen LogP contribution in [0.25, 0.3) is 0 Å². The second kappa shape index (κ2) is 7.91. The summed E-state index contributed by atoms with van der Waals surface area (Å²) in [5, 5.41) is 11.9. The Morgan fingerprint density at radius 3 is 2.40 bits per heavy atom. The molecule has 30 heavy (non-hydrogen) atoms. The fourth-order valence-electron chi connectivity index (χ4n) is 6.13. The predicted octanol–water partition coefficient (Wildman–Crippen LogP) is 4.34. The van der Waals surface area contributed by atoms with Crippen molar-refractivity contribution in [3.63, 3.8) is 0 Å². The lowest BCUT2D eigenvalue weighted by Gasteiger charge is -2.55. The van der Waals surface area contributed by atoms with E-state index < -0.39 is 0 Å². The lowest BCUT2D eigenvalue weighted by molar-refractivity contribution is -0.120. The van der Waals surface area contributed by atoms with Crippen molar-refractivity contribution in [3.8, 4) is 5.75 Å². The maximum atomic E-state index is 12.5. The zero-order chi connectivity index (χ0) is 20.7. The second-order valence-electron chi connectivity index (χ2n) is 9.40. The first-order valence-corrected chi connectivity index (χ1v) is 11.8. The van der Waals surface area contributed by atoms with Crippen LogP contribution < -0.4 is 10.1 Å². The number of thioether (sulfide) groups is 1. The van der Waals surface area contributed by atoms with Crippen LogP contribution in [0.1, 0.15) is 56.9 Å². The Kier molecular flexibility index (Phi) is 5.25. The van der Waals surface area contributed by atoms with Gasteiger partial charge in [0.25, 0.3) is 5.22 Å². The third kappa shape index (κ3) is 3.84. The minimum Gasteiger partial charge on any atom is -0.497 e. The average Bonchev–Trinajstić information content (AvgIpc) is 3.21. The third-order valence-corrected chi connectivity index (χ3v) is 8.11. The van der Waals surface area contributed by atoms with Crippen molar-refractivity contribution in [1.82, 2.24) is 15.5 Å². The molecule has 6 nitrogen and oxygen atoms in total. The van der Waals surface area contributed by atoms with E-state index >= 15 is 0 Å². The van der Waals surface area contributed by atoms with Gasteiger partial charge < -0.3 is 14.5 Å². The molecule has 6 rings (SSSR count). The standard InChI is InChI=1S/C23H29N3O3S/c1-14(20(27)24-13-15-3-5-19(28-2)6-4-15)30-22-26-25-21(29-22)23-10-16-7-17(11-23)9-18(8-16)12-23/h3-6,14,16-18H,7-13H2,1-2H3,(H,24,27)/t14-,16?,17?,18?,23?/m0/s1. The van der Waals surface area contributed by atoms with E-state index in [1.807, 2.05) is 31.2 Å². The number of aromatic nitrogens is 2. The zero-order valence-corrected chi connectivity index (χ0v) is 18.4. The lowest BCUT2D eigenvalue weighted by atomic mass is 9.49. The topological polar surface area (TPSA) is 77.2 Å². The van der Waals surface area contributed by atoms with E-state index in [1.54, 1.807) is 7.11 Å². The van der Waals surface area contributed by atoms with Crippen molar-refractivity contribution >= 4 is 17.7 Å². The highest BCUT2D eigenvalue weighted by Gasteiger charge is 2.54. The van der Waals surface area contributed by atoms with Crippen molar-refractivity contribution in [1.29, 1.82) is 0 Å². The summed E-state index contributed by atoms with van der Waals surface area (Å²) in [7, 11) is 1.64. The predicted molar refractivity (Wildman–Crippen MR) is 114 cm³/mol. The number of rotatable bonds is 7. The molecule has 1 heterocycles. The lowest BCUT2D eigenvalue weighted by Crippen LogP contribution is -2.48. The number of carbonyl (C=O) groups excluding carboxylic acids is 1. The van der Waals surface area contributed by atoms with Gasteiger partial charge in [-0.2, -0.15) is 0 Å². The molecular formula is C23H29N3O3S. The molecule has 4 saturated carbocycles. The molecule has 0 unspecified atom stereocenters. The van der Waals surface area contributed by atoms with E-state index in [-0.39, 0.29) is 16.6 Å². The van der Waals surface area contributed by atoms with Gasteiger partial charge in [-0.05, 0) is 80.9 Å². The summed E-state index contributed by atoms with van der Waals surface area (Å²) in [6.45, 7) is 2.36. The van der Waals surface area contributed by atoms with Crippen LogP contribution >= 0.6 is 11.8 Å². The number of hydrogen-bond acceptors (Lipinski definition) is 6. The Morgan fingerprint density at radius 2 is 1.80 bits per heavy atom. The number of hydrogen-bond donors (Lipinski definition) is 1. The monoisotopic (exact) mass is 427 g/mol. The molecule has 4 aliphatic rings. The van der Waals surface area contributed by atoms with E-state index in [0.29, 0.717) is 11.8 Å². The third-order valence-electron chi connectivity index (χ3n) is 7.17. The molecule has 1 amide bonds. The molecule has 1 N–H and O–H groups in total. The van der Waals surface area contributed by atoms with Gasteiger partial charge in [-0.3, -0.25) is 4.79 Å². The van der Waals surface area contributed by atoms with Gasteiger partial charge in [0.15, 0.2) is 0 Å². The van der Waals surface area contributed by atoms with Gasteiger partial charge in [0.2, 0.25) is 11.8 Å². The summed E-state index contributed by atoms with van der Waals surface area (Å²) in [6.07, 6.45) is 7.76. The summed E-state index contributed by atoms with van der Waals surface area (Å²) >= 11 is 1.35. The van der Waals surface area contributed by atoms with Crippen LogP contribution in [0.4, 0.5) is 0 Å². The molecule has 1 aromatic heterocycles. The molecule has 4 bridgehead atoms. The van der Waals surface area contributed by atoms with Crippen LogP contribution in [0.15, 0.2) is 33.9 Å². The minimum atomic E-state index is -0.298. The molecule has 160 valence electrons. The zero-order valence-electron chi connectivity index (χ0n) is 17.6. The fraction of sp³-hybridized carbons (Fsp3) is 0.609. The smallest absolute Gasteiger partial charge is 0.277 e. The minimum absolute atomic E-state index is 0.0367. The van der Waals surface area contributed by atoms with Crippen molar-refractivity contribution in [2.24, 2.45) is 17.8 Å². The van der Waals surface area contributed by atoms with Crippen LogP contribution in [0.2, 0.25) is 0 Å². The first-order valence-electron chi connectivity index (χ1n) is 10.9. The van der Waals surface area contributed by atoms with Crippen LogP contribution in [-0.2, 0) is 16.8 Å². The number of carbonyl (C=O) groups is 1. The Morgan fingerprint density at radius 1 is 1.17 bits per heavy atom. The highest BCUT2D eigenvalue weighted by Crippen LogP contribution is 2.60. The van der Waals surface area contributed by atoms with Gasteiger partial charge in [-0.15, -0.1) is 10.2 Å². The number of benzene rings is 1. The van der Waals surface area contributed by atoms with Gasteiger partial charge >= 0.3 is 0 Å². The summed E-state index contributed by atoms with van der Waals surface area (Å²) in [6, 6.07) is 7.69. The second-order valence-corrected chi connectivity index (χ2v) is 10.7. The maximum Gasteiger partial charge on any atom is 0.277 e. The molecule has 2 aromatic rings. The molecule has 0 spiro atoms. The summed E-state index contributed by atoms with van der Waals surface area (Å²) < 4.78 is 11.3. The number of ether oxygens (including phenoxy) is 1. The highest BCUT2D eigenvalue weighted by molar-refractivity contribution is 8.00. The molecule has 4 fully saturated rings. The number of nitrogens with zero attached hydrogens (tertiary/aromatic N) is 2. The molecule has 1 atom stereocenters. The molecule has 7 heteroatoms. The van der Waals surface area contributed by atoms with E-state index in [0.717, 1.165) is 35.0 Å². The summed E-state index contributed by atoms with van der Waals surface area (Å²) in [5.41, 5.74) is 1.13. The highest BCUT2D eigenvalue weighted by atomic mass is 32.2. The van der Waals surface area contributed by atoms with Gasteiger partial charge in [-0.25, -0.2) is 0 Å². The Bertz CT molecular complexity index is 875. The van der Waals surface area contributed by atoms with Gasteiger partial charge in [0, 0.05) is 12.0 Å². The van der Waals surface area contributed by atoms with Crippen LogP contribution in [0.3, 0.4) is 0 Å². The molecular weight excluding hydrogens is 398 g/mol. The van der Waals surface area contributed by atoms with E-state index in [2.05, 4.69) is 15.5 Å². The van der Waals surface area contributed by atoms with Crippen LogP contribution in [0, 0.1) is 17.8 Å². The molecule has 0 radical (unpaired) electrons. The maximum absolute atomic E-state index is 12.5. The van der Waals surface area contributed by atoms with E-state index in [1.165, 1.54) is 50.3 Å². The van der Waals surface area contributed by atoms with Crippen LogP contribution in [0.5, 0.6) is 5.75 Å². The quantitative estimate of drug-likeness (QED) is 0.662. The number of amides is 1. The normalized spacial score (nSPS) is 30.3. The van der Waals surface area contributed by atoms with Gasteiger partial charge in [-0.1, -0.05) is 23.9 Å². The van der Waals surface area contributed by atoms with E-state index in [4.69, 9.17) is 9.15 Å². The fourth-order valence-corrected chi connectivity index (χ4v) is 6.83. The Balaban J connectivity index is 1.18. The molecule has 1 aromatic carbocycles. The summed E-state index contributed by atoms with van der Waals surface area (Å²) in [4.78, 5) is 12.5. The van der Waals surface area contributed by atoms with Crippen molar-refractivity contribution in [3.05, 3.63) is 35.7 Å². The first-order chi connectivity index (χ1) is 14.5. The Hall–Kier alpha value is -2.02. The average molecular weight is 428 g/mol. The van der Waals surface area contributed by atoms with Gasteiger partial charge in [0.05, 0.1) is 12.4 Å². The van der Waals surface area contributed by atoms with Crippen molar-refractivity contribution in [2.75, 3.05) is 7.11 Å². The van der Waals surface area contributed by atoms with Crippen molar-refractivity contribution in [2.45, 2.75) is 67.9 Å². The van der Waals surface area contributed by atoms with Gasteiger partial charge in [0.1, 0.15) is 5.75 Å². The summed E-state index contributed by atoms with van der Waals surface area (Å²) in [5.74, 6) is 4.09. The van der Waals surface area contributed by atoms with E-state index in [9.17, 15) is 4.79 Å². The first kappa shape index (κ1) is 19.9. The molecule has 0 aliphatic heterocycles. The number of methoxy groups -OCH3 is 1. The largest absolute Gasteiger partial charge is 0.497 e. The Labute approximate surface area is 181 Å². The van der Waals surface area contributed by atoms with Crippen LogP contribution in [-0.4, -0.2) is 28.5 Å².